The maximum Gasteiger partial charge on any atom is 0.154 e. The molecule has 0 amide bonds. The number of hydrogen-bond acceptors (Lipinski definition) is 4. The van der Waals surface area contributed by atoms with Gasteiger partial charge in [0.1, 0.15) is 11.5 Å². The Morgan fingerprint density at radius 2 is 1.68 bits per heavy atom. The zero-order valence-electron chi connectivity index (χ0n) is 12.3. The number of halogens is 1. The lowest BCUT2D eigenvalue weighted by Gasteiger charge is -2.29. The monoisotopic (exact) mass is 376 g/mol. The third-order valence-electron chi connectivity index (χ3n) is 3.72. The highest BCUT2D eigenvalue weighted by atomic mass is 79.9. The van der Waals surface area contributed by atoms with Crippen LogP contribution < -0.4 is 10.5 Å². The van der Waals surface area contributed by atoms with Crippen molar-refractivity contribution in [2.75, 3.05) is 5.75 Å². The zero-order chi connectivity index (χ0) is 15.6. The molecule has 3 nitrogen and oxygen atoms in total. The average molecular weight is 377 g/mol. The summed E-state index contributed by atoms with van der Waals surface area (Å²) in [5.41, 5.74) is 6.81. The summed E-state index contributed by atoms with van der Waals surface area (Å²) in [6.45, 7) is 2.13. The minimum atomic E-state index is -0.231. The zero-order valence-corrected chi connectivity index (χ0v) is 14.7. The van der Waals surface area contributed by atoms with Crippen LogP contribution in [-0.4, -0.2) is 10.9 Å². The van der Waals surface area contributed by atoms with Gasteiger partial charge in [-0.3, -0.25) is 4.99 Å². The van der Waals surface area contributed by atoms with Crippen molar-refractivity contribution in [2.45, 2.75) is 18.9 Å². The van der Waals surface area contributed by atoms with Crippen molar-refractivity contribution in [3.05, 3.63) is 58.6 Å². The standard InChI is InChI=1S/C17H17BrN2OS/c1-17(10-11-22-16(19)20-17)12-2-6-14(7-3-12)21-15-8-4-13(18)5-9-15/h2-9H,10-11H2,1H3,(H2,19,20). The SMILES string of the molecule is CC1(c2ccc(Oc3ccc(Br)cc3)cc2)CCSC(N)=N1. The lowest BCUT2D eigenvalue weighted by molar-refractivity contribution is 0.471. The summed E-state index contributed by atoms with van der Waals surface area (Å²) in [7, 11) is 0. The van der Waals surface area contributed by atoms with Crippen molar-refractivity contribution < 1.29 is 4.74 Å². The molecule has 0 spiro atoms. The second-order valence-corrected chi connectivity index (χ2v) is 7.43. The smallest absolute Gasteiger partial charge is 0.154 e. The first-order chi connectivity index (χ1) is 10.5. The molecule has 0 fully saturated rings. The van der Waals surface area contributed by atoms with Crippen molar-refractivity contribution in [3.8, 4) is 11.5 Å². The summed E-state index contributed by atoms with van der Waals surface area (Å²) in [5.74, 6) is 2.64. The highest BCUT2D eigenvalue weighted by Gasteiger charge is 2.29. The van der Waals surface area contributed by atoms with Crippen LogP contribution in [0, 0.1) is 0 Å². The van der Waals surface area contributed by atoms with Gasteiger partial charge in [-0.05, 0) is 55.3 Å². The second-order valence-electron chi connectivity index (χ2n) is 5.40. The number of nitrogens with zero attached hydrogens (tertiary/aromatic N) is 1. The molecule has 22 heavy (non-hydrogen) atoms. The summed E-state index contributed by atoms with van der Waals surface area (Å²) in [4.78, 5) is 4.62. The van der Waals surface area contributed by atoms with Crippen LogP contribution in [0.15, 0.2) is 58.0 Å². The van der Waals surface area contributed by atoms with Gasteiger partial charge >= 0.3 is 0 Å². The Hall–Kier alpha value is -1.46. The van der Waals surface area contributed by atoms with Gasteiger partial charge in [0.25, 0.3) is 0 Å². The minimum absolute atomic E-state index is 0.231. The van der Waals surface area contributed by atoms with Crippen LogP contribution in [0.1, 0.15) is 18.9 Å². The molecule has 0 aromatic heterocycles. The average Bonchev–Trinajstić information content (AvgIpc) is 2.50. The molecule has 0 radical (unpaired) electrons. The Morgan fingerprint density at radius 3 is 2.27 bits per heavy atom. The lowest BCUT2D eigenvalue weighted by Crippen LogP contribution is -2.28. The van der Waals surface area contributed by atoms with Crippen molar-refractivity contribution in [2.24, 2.45) is 10.7 Å². The van der Waals surface area contributed by atoms with Gasteiger partial charge in [-0.1, -0.05) is 39.8 Å². The molecule has 2 aromatic rings. The van der Waals surface area contributed by atoms with E-state index in [0.29, 0.717) is 5.17 Å². The molecule has 0 saturated carbocycles. The molecule has 2 aromatic carbocycles. The summed E-state index contributed by atoms with van der Waals surface area (Å²) in [6, 6.07) is 15.9. The number of aliphatic imine (C=N–C) groups is 1. The van der Waals surface area contributed by atoms with Crippen LogP contribution in [-0.2, 0) is 5.54 Å². The summed E-state index contributed by atoms with van der Waals surface area (Å²) >= 11 is 5.04. The molecule has 2 N–H and O–H groups in total. The van der Waals surface area contributed by atoms with E-state index in [2.05, 4.69) is 40.0 Å². The minimum Gasteiger partial charge on any atom is -0.457 e. The quantitative estimate of drug-likeness (QED) is 0.827. The largest absolute Gasteiger partial charge is 0.457 e. The number of hydrogen-bond donors (Lipinski definition) is 1. The molecule has 1 unspecified atom stereocenters. The molecular weight excluding hydrogens is 360 g/mol. The fourth-order valence-electron chi connectivity index (χ4n) is 2.42. The number of benzene rings is 2. The fourth-order valence-corrected chi connectivity index (χ4v) is 3.65. The van der Waals surface area contributed by atoms with E-state index in [1.165, 1.54) is 5.56 Å². The van der Waals surface area contributed by atoms with E-state index < -0.39 is 0 Å². The van der Waals surface area contributed by atoms with E-state index in [1.54, 1.807) is 11.8 Å². The third kappa shape index (κ3) is 3.47. The number of amidine groups is 1. The molecule has 114 valence electrons. The van der Waals surface area contributed by atoms with Crippen LogP contribution in [0.3, 0.4) is 0 Å². The first-order valence-corrected chi connectivity index (χ1v) is 8.85. The van der Waals surface area contributed by atoms with Gasteiger partial charge in [-0.2, -0.15) is 0 Å². The predicted molar refractivity (Wildman–Crippen MR) is 96.7 cm³/mol. The van der Waals surface area contributed by atoms with Crippen LogP contribution >= 0.6 is 27.7 Å². The van der Waals surface area contributed by atoms with Gasteiger partial charge in [0, 0.05) is 10.2 Å². The van der Waals surface area contributed by atoms with Crippen LogP contribution in [0.5, 0.6) is 11.5 Å². The highest BCUT2D eigenvalue weighted by molar-refractivity contribution is 9.10. The highest BCUT2D eigenvalue weighted by Crippen LogP contribution is 2.36. The maximum absolute atomic E-state index is 5.88. The number of thioether (sulfide) groups is 1. The number of rotatable bonds is 3. The third-order valence-corrected chi connectivity index (χ3v) is 5.05. The molecule has 3 rings (SSSR count). The Labute approximate surface area is 143 Å². The molecule has 1 aliphatic heterocycles. The number of nitrogens with two attached hydrogens (primary N) is 1. The van der Waals surface area contributed by atoms with Gasteiger partial charge in [0.15, 0.2) is 5.17 Å². The Morgan fingerprint density at radius 1 is 1.09 bits per heavy atom. The molecule has 1 atom stereocenters. The van der Waals surface area contributed by atoms with Gasteiger partial charge < -0.3 is 10.5 Å². The van der Waals surface area contributed by atoms with Gasteiger partial charge in [-0.25, -0.2) is 0 Å². The molecule has 0 saturated heterocycles. The Kier molecular flexibility index (Phi) is 4.45. The maximum atomic E-state index is 5.88. The van der Waals surface area contributed by atoms with E-state index in [1.807, 2.05) is 36.4 Å². The molecule has 0 bridgehead atoms. The van der Waals surface area contributed by atoms with Gasteiger partial charge in [0.05, 0.1) is 5.54 Å². The van der Waals surface area contributed by atoms with Gasteiger partial charge in [-0.15, -0.1) is 0 Å². The van der Waals surface area contributed by atoms with Crippen LogP contribution in [0.4, 0.5) is 0 Å². The normalized spacial score (nSPS) is 21.3. The summed E-state index contributed by atoms with van der Waals surface area (Å²) in [6.07, 6.45) is 0.991. The van der Waals surface area contributed by atoms with Crippen LogP contribution in [0.25, 0.3) is 0 Å². The van der Waals surface area contributed by atoms with Crippen molar-refractivity contribution in [3.63, 3.8) is 0 Å². The predicted octanol–water partition coefficient (Wildman–Crippen LogP) is 4.91. The van der Waals surface area contributed by atoms with E-state index in [4.69, 9.17) is 10.5 Å². The molecule has 1 heterocycles. The van der Waals surface area contributed by atoms with E-state index in [0.717, 1.165) is 28.1 Å². The Balaban J connectivity index is 1.78. The first kappa shape index (κ1) is 15.4. The molecule has 0 aliphatic carbocycles. The Bertz CT molecular complexity index is 685. The first-order valence-electron chi connectivity index (χ1n) is 7.07. The van der Waals surface area contributed by atoms with Gasteiger partial charge in [0.2, 0.25) is 0 Å². The van der Waals surface area contributed by atoms with Crippen molar-refractivity contribution in [1.82, 2.24) is 0 Å². The van der Waals surface area contributed by atoms with E-state index in [9.17, 15) is 0 Å². The van der Waals surface area contributed by atoms with Crippen molar-refractivity contribution in [1.29, 1.82) is 0 Å². The van der Waals surface area contributed by atoms with E-state index in [-0.39, 0.29) is 5.54 Å². The fraction of sp³-hybridized carbons (Fsp3) is 0.235. The summed E-state index contributed by atoms with van der Waals surface area (Å²) < 4.78 is 6.88. The number of ether oxygens (including phenoxy) is 1. The molecular formula is C17H17BrN2OS. The summed E-state index contributed by atoms with van der Waals surface area (Å²) in [5, 5.41) is 0.670. The van der Waals surface area contributed by atoms with E-state index >= 15 is 0 Å². The molecule has 5 heteroatoms. The molecule has 1 aliphatic rings. The van der Waals surface area contributed by atoms with Crippen molar-refractivity contribution >= 4 is 32.9 Å². The van der Waals surface area contributed by atoms with Crippen LogP contribution in [0.2, 0.25) is 0 Å². The lowest BCUT2D eigenvalue weighted by atomic mass is 9.90. The second kappa shape index (κ2) is 6.34. The topological polar surface area (TPSA) is 47.6 Å².